The molecule has 0 fully saturated rings. The Hall–Kier alpha value is -1.43. The molecule has 0 aromatic carbocycles. The van der Waals surface area contributed by atoms with E-state index in [0.29, 0.717) is 0 Å². The summed E-state index contributed by atoms with van der Waals surface area (Å²) in [4.78, 5) is 30.8. The van der Waals surface area contributed by atoms with Crippen LogP contribution in [0.15, 0.2) is 0 Å². The second-order valence-electron chi connectivity index (χ2n) is 2.10. The van der Waals surface area contributed by atoms with Gasteiger partial charge in [-0.1, -0.05) is 0 Å². The van der Waals surface area contributed by atoms with Crippen LogP contribution in [0.25, 0.3) is 0 Å². The molecule has 0 bridgehead atoms. The highest BCUT2D eigenvalue weighted by Crippen LogP contribution is 1.84. The van der Waals surface area contributed by atoms with E-state index in [1.54, 1.807) is 0 Å². The van der Waals surface area contributed by atoms with Crippen LogP contribution in [0.1, 0.15) is 6.92 Å². The summed E-state index contributed by atoms with van der Waals surface area (Å²) in [7, 11) is 0. The number of carboxylic acids is 1. The van der Waals surface area contributed by atoms with Crippen LogP contribution in [0.2, 0.25) is 0 Å². The molecular formula is C6H9NO5. The number of ketones is 1. The Labute approximate surface area is 68.3 Å². The molecule has 6 nitrogen and oxygen atoms in total. The van der Waals surface area contributed by atoms with Gasteiger partial charge in [0, 0.05) is 6.92 Å². The van der Waals surface area contributed by atoms with Gasteiger partial charge in [-0.3, -0.25) is 9.59 Å². The summed E-state index contributed by atoms with van der Waals surface area (Å²) in [5.74, 6) is -3.15. The minimum atomic E-state index is -1.29. The van der Waals surface area contributed by atoms with Crippen LogP contribution in [-0.4, -0.2) is 35.5 Å². The Kier molecular flexibility index (Phi) is 3.92. The number of Topliss-reactive ketones (excluding diaryl/α,β-unsaturated/α-hetero) is 1. The van der Waals surface area contributed by atoms with Crippen molar-refractivity contribution in [1.82, 2.24) is 0 Å². The Balaban J connectivity index is 3.76. The van der Waals surface area contributed by atoms with Crippen LogP contribution in [0, 0.1) is 0 Å². The molecule has 0 saturated heterocycles. The Bertz CT molecular complexity index is 212. The van der Waals surface area contributed by atoms with Crippen LogP contribution >= 0.6 is 0 Å². The van der Waals surface area contributed by atoms with Gasteiger partial charge in [-0.2, -0.15) is 0 Å². The summed E-state index contributed by atoms with van der Waals surface area (Å²) in [5, 5.41) is 8.23. The Morgan fingerprint density at radius 3 is 2.33 bits per heavy atom. The van der Waals surface area contributed by atoms with Crippen LogP contribution in [-0.2, 0) is 19.1 Å². The highest BCUT2D eigenvalue weighted by molar-refractivity contribution is 6.32. The van der Waals surface area contributed by atoms with Crippen molar-refractivity contribution in [2.24, 2.45) is 5.73 Å². The van der Waals surface area contributed by atoms with Crippen LogP contribution in [0.5, 0.6) is 0 Å². The first-order chi connectivity index (χ1) is 5.45. The average Bonchev–Trinajstić information content (AvgIpc) is 1.98. The van der Waals surface area contributed by atoms with Crippen molar-refractivity contribution >= 4 is 17.7 Å². The molecule has 0 radical (unpaired) electrons. The van der Waals surface area contributed by atoms with Crippen molar-refractivity contribution < 1.29 is 24.2 Å². The first kappa shape index (κ1) is 10.6. The molecular weight excluding hydrogens is 166 g/mol. The molecule has 0 amide bonds. The van der Waals surface area contributed by atoms with Gasteiger partial charge in [0.1, 0.15) is 12.6 Å². The summed E-state index contributed by atoms with van der Waals surface area (Å²) in [6.07, 6.45) is 0. The molecule has 0 rings (SSSR count). The van der Waals surface area contributed by atoms with Crippen molar-refractivity contribution in [2.75, 3.05) is 6.61 Å². The Morgan fingerprint density at radius 1 is 1.50 bits per heavy atom. The normalized spacial score (nSPS) is 11.8. The number of ether oxygens (including phenoxy) is 1. The van der Waals surface area contributed by atoms with E-state index >= 15 is 0 Å². The van der Waals surface area contributed by atoms with Gasteiger partial charge in [-0.05, 0) is 0 Å². The molecule has 0 aromatic heterocycles. The fraction of sp³-hybridized carbons (Fsp3) is 0.500. The largest absolute Gasteiger partial charge is 0.480 e. The molecule has 0 unspecified atom stereocenters. The summed E-state index contributed by atoms with van der Waals surface area (Å²) in [6, 6.07) is -1.28. The first-order valence-electron chi connectivity index (χ1n) is 3.11. The summed E-state index contributed by atoms with van der Waals surface area (Å²) < 4.78 is 4.23. The predicted molar refractivity (Wildman–Crippen MR) is 37.3 cm³/mol. The van der Waals surface area contributed by atoms with Crippen LogP contribution in [0.3, 0.4) is 0 Å². The van der Waals surface area contributed by atoms with Gasteiger partial charge in [-0.25, -0.2) is 4.79 Å². The number of carbonyl (C=O) groups is 3. The number of rotatable bonds is 4. The van der Waals surface area contributed by atoms with Crippen molar-refractivity contribution in [3.63, 3.8) is 0 Å². The second-order valence-corrected chi connectivity index (χ2v) is 2.10. The lowest BCUT2D eigenvalue weighted by atomic mass is 10.3. The van der Waals surface area contributed by atoms with E-state index in [1.807, 2.05) is 0 Å². The van der Waals surface area contributed by atoms with Gasteiger partial charge in [0.25, 0.3) is 0 Å². The molecule has 0 aliphatic carbocycles. The zero-order chi connectivity index (χ0) is 9.72. The van der Waals surface area contributed by atoms with Crippen molar-refractivity contribution in [3.05, 3.63) is 0 Å². The van der Waals surface area contributed by atoms with Gasteiger partial charge in [-0.15, -0.1) is 0 Å². The number of hydrogen-bond donors (Lipinski definition) is 2. The lowest BCUT2D eigenvalue weighted by molar-refractivity contribution is -0.155. The van der Waals surface area contributed by atoms with E-state index < -0.39 is 30.4 Å². The number of carbonyl (C=O) groups excluding carboxylic acids is 2. The summed E-state index contributed by atoms with van der Waals surface area (Å²) >= 11 is 0. The maximum absolute atomic E-state index is 10.4. The van der Waals surface area contributed by atoms with E-state index in [1.165, 1.54) is 0 Å². The van der Waals surface area contributed by atoms with Crippen LogP contribution in [0.4, 0.5) is 0 Å². The third-order valence-corrected chi connectivity index (χ3v) is 0.999. The number of esters is 1. The van der Waals surface area contributed by atoms with Gasteiger partial charge < -0.3 is 15.6 Å². The number of hydrogen-bond acceptors (Lipinski definition) is 5. The number of nitrogens with two attached hydrogens (primary N) is 1. The van der Waals surface area contributed by atoms with Crippen LogP contribution < -0.4 is 5.73 Å². The highest BCUT2D eigenvalue weighted by Gasteiger charge is 2.16. The summed E-state index contributed by atoms with van der Waals surface area (Å²) in [5.41, 5.74) is 4.98. The van der Waals surface area contributed by atoms with Gasteiger partial charge >= 0.3 is 11.9 Å². The minimum Gasteiger partial charge on any atom is -0.480 e. The third kappa shape index (κ3) is 3.67. The third-order valence-electron chi connectivity index (χ3n) is 0.999. The molecule has 68 valence electrons. The van der Waals surface area contributed by atoms with Gasteiger partial charge in [0.15, 0.2) is 0 Å². The molecule has 3 N–H and O–H groups in total. The molecule has 0 saturated carbocycles. The van der Waals surface area contributed by atoms with E-state index in [4.69, 9.17) is 10.8 Å². The van der Waals surface area contributed by atoms with Crippen molar-refractivity contribution in [3.8, 4) is 0 Å². The van der Waals surface area contributed by atoms with E-state index in [-0.39, 0.29) is 0 Å². The summed E-state index contributed by atoms with van der Waals surface area (Å²) in [6.45, 7) is 0.530. The lowest BCUT2D eigenvalue weighted by Gasteiger charge is -2.05. The standard InChI is InChI=1S/C6H9NO5/c1-3(8)6(11)12-2-4(7)5(9)10/h4H,2,7H2,1H3,(H,9,10)/t4-/m1/s1. The molecule has 1 atom stereocenters. The Morgan fingerprint density at radius 2 is 2.00 bits per heavy atom. The van der Waals surface area contributed by atoms with E-state index in [2.05, 4.69) is 4.74 Å². The maximum atomic E-state index is 10.4. The number of carboxylic acid groups (broad SMARTS) is 1. The molecule has 6 heteroatoms. The number of aliphatic carboxylic acids is 1. The zero-order valence-corrected chi connectivity index (χ0v) is 6.44. The van der Waals surface area contributed by atoms with E-state index in [0.717, 1.165) is 6.92 Å². The zero-order valence-electron chi connectivity index (χ0n) is 6.44. The monoisotopic (exact) mass is 175 g/mol. The van der Waals surface area contributed by atoms with Crippen molar-refractivity contribution in [2.45, 2.75) is 13.0 Å². The molecule has 0 aromatic rings. The fourth-order valence-electron chi connectivity index (χ4n) is 0.338. The topological polar surface area (TPSA) is 107 Å². The van der Waals surface area contributed by atoms with Gasteiger partial charge in [0.05, 0.1) is 0 Å². The molecule has 0 aliphatic heterocycles. The molecule has 0 heterocycles. The predicted octanol–water partition coefficient (Wildman–Crippen LogP) is -1.47. The highest BCUT2D eigenvalue weighted by atomic mass is 16.5. The van der Waals surface area contributed by atoms with Crippen molar-refractivity contribution in [1.29, 1.82) is 0 Å². The lowest BCUT2D eigenvalue weighted by Crippen LogP contribution is -2.36. The average molecular weight is 175 g/mol. The quantitative estimate of drug-likeness (QED) is 0.399. The second kappa shape index (κ2) is 4.45. The first-order valence-corrected chi connectivity index (χ1v) is 3.11. The fourth-order valence-corrected chi connectivity index (χ4v) is 0.338. The van der Waals surface area contributed by atoms with E-state index in [9.17, 15) is 14.4 Å². The van der Waals surface area contributed by atoms with Gasteiger partial charge in [0.2, 0.25) is 5.78 Å². The molecule has 12 heavy (non-hydrogen) atoms. The molecule has 0 aliphatic rings. The smallest absolute Gasteiger partial charge is 0.374 e. The maximum Gasteiger partial charge on any atom is 0.374 e. The SMILES string of the molecule is CC(=O)C(=O)OC[C@@H](N)C(=O)O. The molecule has 0 spiro atoms. The minimum absolute atomic E-state index is 0.492.